The van der Waals surface area contributed by atoms with Crippen LogP contribution in [0.2, 0.25) is 0 Å². The van der Waals surface area contributed by atoms with Crippen LogP contribution in [0.3, 0.4) is 0 Å². The lowest BCUT2D eigenvalue weighted by atomic mass is 10.0. The summed E-state index contributed by atoms with van der Waals surface area (Å²) in [6.45, 7) is 0. The fourth-order valence-electron chi connectivity index (χ4n) is 2.52. The predicted octanol–water partition coefficient (Wildman–Crippen LogP) is 2.85. The molecule has 6 heteroatoms. The molecule has 0 radical (unpaired) electrons. The summed E-state index contributed by atoms with van der Waals surface area (Å²) in [7, 11) is 0. The van der Waals surface area contributed by atoms with Gasteiger partial charge in [-0.1, -0.05) is 24.3 Å². The zero-order valence-electron chi connectivity index (χ0n) is 11.6. The first-order valence-electron chi connectivity index (χ1n) is 6.73. The summed E-state index contributed by atoms with van der Waals surface area (Å²) in [5, 5.41) is 2.44. The molecule has 0 aliphatic carbocycles. The van der Waals surface area contributed by atoms with Crippen molar-refractivity contribution in [2.75, 3.05) is 0 Å². The van der Waals surface area contributed by atoms with Gasteiger partial charge in [-0.25, -0.2) is 14.4 Å². The summed E-state index contributed by atoms with van der Waals surface area (Å²) in [5.74, 6) is -1.58. The molecule has 0 amide bonds. The second kappa shape index (κ2) is 5.03. The highest BCUT2D eigenvalue weighted by Gasteiger charge is 2.37. The van der Waals surface area contributed by atoms with E-state index in [-0.39, 0.29) is 16.7 Å². The third kappa shape index (κ3) is 2.11. The van der Waals surface area contributed by atoms with E-state index in [1.54, 1.807) is 47.8 Å². The van der Waals surface area contributed by atoms with Crippen molar-refractivity contribution in [3.05, 3.63) is 68.7 Å². The van der Waals surface area contributed by atoms with Crippen LogP contribution in [0.4, 0.5) is 0 Å². The molecule has 1 aromatic carbocycles. The van der Waals surface area contributed by atoms with Gasteiger partial charge in [0.05, 0.1) is 16.7 Å². The van der Waals surface area contributed by atoms with Gasteiger partial charge in [0.2, 0.25) is 0 Å². The third-order valence-electron chi connectivity index (χ3n) is 3.52. The van der Waals surface area contributed by atoms with Crippen molar-refractivity contribution in [1.82, 2.24) is 0 Å². The average molecular weight is 324 g/mol. The number of rotatable bonds is 2. The summed E-state index contributed by atoms with van der Waals surface area (Å²) >= 11 is 1.29. The maximum Gasteiger partial charge on any atom is 0.348 e. The molecule has 1 aliphatic heterocycles. The van der Waals surface area contributed by atoms with E-state index in [2.05, 4.69) is 0 Å². The Kier molecular flexibility index (Phi) is 2.99. The summed E-state index contributed by atoms with van der Waals surface area (Å²) in [4.78, 5) is 37.0. The molecule has 0 spiro atoms. The van der Waals surface area contributed by atoms with Gasteiger partial charge < -0.3 is 9.15 Å². The Labute approximate surface area is 133 Å². The maximum absolute atomic E-state index is 12.3. The largest absolute Gasteiger partial charge is 0.422 e. The normalized spacial score (nSPS) is 14.6. The molecule has 0 N–H and O–H groups in total. The Hall–Kier alpha value is -2.99. The topological polar surface area (TPSA) is 73.6 Å². The number of ether oxygens (including phenoxy) is 1. The molecule has 3 aromatic rings. The van der Waals surface area contributed by atoms with Crippen molar-refractivity contribution < 1.29 is 18.7 Å². The van der Waals surface area contributed by atoms with Crippen LogP contribution in [-0.4, -0.2) is 11.9 Å². The van der Waals surface area contributed by atoms with Gasteiger partial charge in [0, 0.05) is 10.3 Å². The highest BCUT2D eigenvalue weighted by Crippen LogP contribution is 2.35. The van der Waals surface area contributed by atoms with E-state index < -0.39 is 17.6 Å². The molecule has 4 rings (SSSR count). The second-order valence-electron chi connectivity index (χ2n) is 4.89. The van der Waals surface area contributed by atoms with Crippen LogP contribution in [-0.2, 0) is 14.3 Å². The van der Waals surface area contributed by atoms with Crippen molar-refractivity contribution in [2.45, 2.75) is 0 Å². The van der Waals surface area contributed by atoms with Crippen LogP contribution < -0.4 is 5.63 Å². The minimum atomic E-state index is -0.832. The van der Waals surface area contributed by atoms with Crippen molar-refractivity contribution in [3.8, 4) is 0 Å². The number of carbonyl (C=O) groups excluding carboxylic acids is 2. The van der Waals surface area contributed by atoms with Crippen molar-refractivity contribution in [1.29, 1.82) is 0 Å². The molecule has 3 heterocycles. The molecule has 0 saturated carbocycles. The van der Waals surface area contributed by atoms with Crippen LogP contribution in [0.15, 0.2) is 57.1 Å². The Balaban J connectivity index is 2.05. The molecule has 0 atom stereocenters. The number of esters is 2. The number of para-hydroxylation sites is 1. The van der Waals surface area contributed by atoms with E-state index in [9.17, 15) is 14.4 Å². The van der Waals surface area contributed by atoms with Gasteiger partial charge in [0.1, 0.15) is 5.58 Å². The zero-order chi connectivity index (χ0) is 16.0. The highest BCUT2D eigenvalue weighted by molar-refractivity contribution is 7.11. The van der Waals surface area contributed by atoms with Gasteiger partial charge in [0.15, 0.2) is 0 Å². The number of hydrogen-bond acceptors (Lipinski definition) is 6. The zero-order valence-corrected chi connectivity index (χ0v) is 12.4. The Morgan fingerprint density at radius 1 is 0.870 bits per heavy atom. The van der Waals surface area contributed by atoms with Crippen LogP contribution in [0.25, 0.3) is 22.1 Å². The molecule has 23 heavy (non-hydrogen) atoms. The first kappa shape index (κ1) is 13.7. The summed E-state index contributed by atoms with van der Waals surface area (Å²) < 4.78 is 9.95. The molecule has 1 aliphatic rings. The lowest BCUT2D eigenvalue weighted by molar-refractivity contribution is -0.149. The SMILES string of the molecule is O=C1OC(=O)C(c2cc3ccccc3oc2=O)=C1c1cccs1. The predicted molar refractivity (Wildman–Crippen MR) is 84.7 cm³/mol. The number of hydrogen-bond donors (Lipinski definition) is 0. The average Bonchev–Trinajstić information content (AvgIpc) is 3.14. The van der Waals surface area contributed by atoms with E-state index in [0.29, 0.717) is 15.8 Å². The Morgan fingerprint density at radius 2 is 1.65 bits per heavy atom. The van der Waals surface area contributed by atoms with E-state index in [4.69, 9.17) is 9.15 Å². The fraction of sp³-hybridized carbons (Fsp3) is 0. The molecule has 2 aromatic heterocycles. The fourth-order valence-corrected chi connectivity index (χ4v) is 3.28. The number of cyclic esters (lactones) is 2. The standard InChI is InChI=1S/C17H8O5S/c18-15-10(8-9-4-1-2-5-11(9)21-15)13-14(12-6-3-7-23-12)17(20)22-16(13)19/h1-8H. The van der Waals surface area contributed by atoms with Crippen LogP contribution in [0.5, 0.6) is 0 Å². The lowest BCUT2D eigenvalue weighted by Crippen LogP contribution is -2.10. The first-order valence-corrected chi connectivity index (χ1v) is 7.61. The van der Waals surface area contributed by atoms with Crippen LogP contribution in [0, 0.1) is 0 Å². The third-order valence-corrected chi connectivity index (χ3v) is 4.41. The number of thiophene rings is 1. The van der Waals surface area contributed by atoms with E-state index in [1.807, 2.05) is 0 Å². The minimum absolute atomic E-state index is 0.0305. The van der Waals surface area contributed by atoms with Crippen molar-refractivity contribution >= 4 is 45.4 Å². The summed E-state index contributed by atoms with van der Waals surface area (Å²) in [5.41, 5.74) is -0.177. The quantitative estimate of drug-likeness (QED) is 0.412. The van der Waals surface area contributed by atoms with Gasteiger partial charge in [-0.05, 0) is 23.6 Å². The first-order chi connectivity index (χ1) is 11.1. The Bertz CT molecular complexity index is 1040. The summed E-state index contributed by atoms with van der Waals surface area (Å²) in [6, 6.07) is 12.0. The molecule has 0 saturated heterocycles. The van der Waals surface area contributed by atoms with Gasteiger partial charge >= 0.3 is 17.6 Å². The number of benzene rings is 1. The lowest BCUT2D eigenvalue weighted by Gasteiger charge is -2.02. The molecule has 0 bridgehead atoms. The molecular weight excluding hydrogens is 316 g/mol. The van der Waals surface area contributed by atoms with Crippen LogP contribution >= 0.6 is 11.3 Å². The number of carbonyl (C=O) groups is 2. The van der Waals surface area contributed by atoms with Crippen molar-refractivity contribution in [2.24, 2.45) is 0 Å². The molecule has 5 nitrogen and oxygen atoms in total. The van der Waals surface area contributed by atoms with Gasteiger partial charge in [-0.2, -0.15) is 0 Å². The maximum atomic E-state index is 12.3. The molecule has 0 unspecified atom stereocenters. The van der Waals surface area contributed by atoms with Gasteiger partial charge in [0.25, 0.3) is 0 Å². The number of fused-ring (bicyclic) bond motifs is 1. The van der Waals surface area contributed by atoms with Gasteiger partial charge in [-0.15, -0.1) is 11.3 Å². The van der Waals surface area contributed by atoms with Gasteiger partial charge in [-0.3, -0.25) is 0 Å². The highest BCUT2D eigenvalue weighted by atomic mass is 32.1. The monoisotopic (exact) mass is 324 g/mol. The summed E-state index contributed by atoms with van der Waals surface area (Å²) in [6.07, 6.45) is 0. The molecular formula is C17H8O5S. The Morgan fingerprint density at radius 3 is 2.43 bits per heavy atom. The van der Waals surface area contributed by atoms with Crippen molar-refractivity contribution in [3.63, 3.8) is 0 Å². The van der Waals surface area contributed by atoms with Crippen LogP contribution in [0.1, 0.15) is 10.4 Å². The minimum Gasteiger partial charge on any atom is -0.422 e. The van der Waals surface area contributed by atoms with E-state index in [1.165, 1.54) is 11.3 Å². The molecule has 112 valence electrons. The second-order valence-corrected chi connectivity index (χ2v) is 5.84. The van der Waals surface area contributed by atoms with E-state index >= 15 is 0 Å². The smallest absolute Gasteiger partial charge is 0.348 e. The molecule has 0 fully saturated rings. The van der Waals surface area contributed by atoms with E-state index in [0.717, 1.165) is 0 Å².